The summed E-state index contributed by atoms with van der Waals surface area (Å²) in [6.07, 6.45) is 2.19. The van der Waals surface area contributed by atoms with Crippen molar-refractivity contribution in [1.29, 1.82) is 0 Å². The van der Waals surface area contributed by atoms with E-state index in [-0.39, 0.29) is 6.61 Å². The number of carbonyl (C=O) groups is 2. The lowest BCUT2D eigenvalue weighted by atomic mass is 10.2. The van der Waals surface area contributed by atoms with E-state index in [0.717, 1.165) is 0 Å². The number of hydrogen-bond donors (Lipinski definition) is 1. The number of aliphatic carboxylic acids is 1. The van der Waals surface area contributed by atoms with Crippen LogP contribution in [0.1, 0.15) is 18.5 Å². The van der Waals surface area contributed by atoms with Crippen LogP contribution in [0.5, 0.6) is 0 Å². The number of ether oxygens (including phenoxy) is 1. The molecule has 6 nitrogen and oxygen atoms in total. The van der Waals surface area contributed by atoms with E-state index in [1.807, 2.05) is 0 Å². The van der Waals surface area contributed by atoms with Gasteiger partial charge >= 0.3 is 12.1 Å². The molecule has 1 N–H and O–H groups in total. The van der Waals surface area contributed by atoms with Crippen LogP contribution in [0.4, 0.5) is 4.79 Å². The molecular formula is C12H14N2O4. The van der Waals surface area contributed by atoms with Crippen molar-refractivity contribution in [2.75, 3.05) is 6.54 Å². The minimum Gasteiger partial charge on any atom is -0.480 e. The van der Waals surface area contributed by atoms with Crippen LogP contribution < -0.4 is 0 Å². The molecule has 0 bridgehead atoms. The van der Waals surface area contributed by atoms with Gasteiger partial charge < -0.3 is 9.84 Å². The van der Waals surface area contributed by atoms with Crippen molar-refractivity contribution < 1.29 is 19.4 Å². The average Bonchev–Trinajstić information content (AvgIpc) is 2.86. The first-order valence-corrected chi connectivity index (χ1v) is 5.74. The maximum Gasteiger partial charge on any atom is 0.410 e. The van der Waals surface area contributed by atoms with Gasteiger partial charge in [-0.2, -0.15) is 0 Å². The van der Waals surface area contributed by atoms with E-state index in [0.29, 0.717) is 25.1 Å². The smallest absolute Gasteiger partial charge is 0.410 e. The van der Waals surface area contributed by atoms with Gasteiger partial charge in [0.2, 0.25) is 0 Å². The number of aromatic nitrogens is 1. The molecule has 2 rings (SSSR count). The number of hydrogen-bond acceptors (Lipinski definition) is 4. The van der Waals surface area contributed by atoms with E-state index < -0.39 is 18.1 Å². The lowest BCUT2D eigenvalue weighted by Gasteiger charge is -2.20. The number of nitrogens with zero attached hydrogens (tertiary/aromatic N) is 2. The van der Waals surface area contributed by atoms with Gasteiger partial charge in [0.15, 0.2) is 0 Å². The second kappa shape index (κ2) is 5.48. The Morgan fingerprint density at radius 3 is 3.00 bits per heavy atom. The normalized spacial score (nSPS) is 18.7. The van der Waals surface area contributed by atoms with Crippen LogP contribution in [-0.2, 0) is 16.1 Å². The van der Waals surface area contributed by atoms with Crippen molar-refractivity contribution in [3.8, 4) is 0 Å². The largest absolute Gasteiger partial charge is 0.480 e. The van der Waals surface area contributed by atoms with Gasteiger partial charge in [-0.05, 0) is 25.0 Å². The van der Waals surface area contributed by atoms with E-state index in [4.69, 9.17) is 9.84 Å². The molecule has 0 aromatic carbocycles. The van der Waals surface area contributed by atoms with Crippen LogP contribution in [-0.4, -0.2) is 39.6 Å². The lowest BCUT2D eigenvalue weighted by molar-refractivity contribution is -0.141. The van der Waals surface area contributed by atoms with E-state index in [1.54, 1.807) is 24.4 Å². The molecule has 0 spiro atoms. The Morgan fingerprint density at radius 1 is 1.50 bits per heavy atom. The fraction of sp³-hybridized carbons (Fsp3) is 0.417. The molecule has 1 aromatic heterocycles. The zero-order chi connectivity index (χ0) is 13.0. The van der Waals surface area contributed by atoms with Crippen LogP contribution in [0, 0.1) is 0 Å². The van der Waals surface area contributed by atoms with Gasteiger partial charge in [-0.1, -0.05) is 6.07 Å². The van der Waals surface area contributed by atoms with Gasteiger partial charge in [-0.15, -0.1) is 0 Å². The van der Waals surface area contributed by atoms with Crippen LogP contribution in [0.15, 0.2) is 24.4 Å². The van der Waals surface area contributed by atoms with Crippen molar-refractivity contribution in [3.05, 3.63) is 30.1 Å². The van der Waals surface area contributed by atoms with E-state index in [1.165, 1.54) is 4.90 Å². The van der Waals surface area contributed by atoms with Crippen molar-refractivity contribution in [2.24, 2.45) is 0 Å². The molecule has 0 saturated carbocycles. The Labute approximate surface area is 104 Å². The fourth-order valence-electron chi connectivity index (χ4n) is 1.94. The maximum atomic E-state index is 11.7. The number of carboxylic acid groups (broad SMARTS) is 1. The number of carbonyl (C=O) groups excluding carboxylic acids is 1. The summed E-state index contributed by atoms with van der Waals surface area (Å²) in [5.41, 5.74) is 0.636. The molecular weight excluding hydrogens is 236 g/mol. The first-order valence-electron chi connectivity index (χ1n) is 5.74. The molecule has 1 amide bonds. The molecule has 1 aromatic rings. The SMILES string of the molecule is O=C(O)[C@@H]1CCCN1C(=O)OCc1ccccn1. The van der Waals surface area contributed by atoms with Crippen molar-refractivity contribution in [3.63, 3.8) is 0 Å². The highest BCUT2D eigenvalue weighted by Gasteiger charge is 2.34. The highest BCUT2D eigenvalue weighted by Crippen LogP contribution is 2.18. The third-order valence-corrected chi connectivity index (χ3v) is 2.84. The summed E-state index contributed by atoms with van der Waals surface area (Å²) in [6.45, 7) is 0.487. The highest BCUT2D eigenvalue weighted by atomic mass is 16.6. The predicted octanol–water partition coefficient (Wildman–Crippen LogP) is 1.27. The van der Waals surface area contributed by atoms with Gasteiger partial charge in [0.25, 0.3) is 0 Å². The fourth-order valence-corrected chi connectivity index (χ4v) is 1.94. The summed E-state index contributed by atoms with van der Waals surface area (Å²) in [4.78, 5) is 27.9. The molecule has 96 valence electrons. The summed E-state index contributed by atoms with van der Waals surface area (Å²) in [5.74, 6) is -0.984. The van der Waals surface area contributed by atoms with Gasteiger partial charge in [0, 0.05) is 12.7 Å². The van der Waals surface area contributed by atoms with Gasteiger partial charge in [0.1, 0.15) is 12.6 Å². The first-order chi connectivity index (χ1) is 8.68. The molecule has 0 aliphatic carbocycles. The van der Waals surface area contributed by atoms with E-state index in [9.17, 15) is 9.59 Å². The summed E-state index contributed by atoms with van der Waals surface area (Å²) in [6, 6.07) is 4.55. The number of likely N-dealkylation sites (tertiary alicyclic amines) is 1. The molecule has 0 unspecified atom stereocenters. The van der Waals surface area contributed by atoms with Crippen LogP contribution >= 0.6 is 0 Å². The zero-order valence-electron chi connectivity index (χ0n) is 9.78. The Morgan fingerprint density at radius 2 is 2.33 bits per heavy atom. The second-order valence-corrected chi connectivity index (χ2v) is 4.07. The van der Waals surface area contributed by atoms with Gasteiger partial charge in [-0.3, -0.25) is 9.88 Å². The van der Waals surface area contributed by atoms with E-state index in [2.05, 4.69) is 4.98 Å². The molecule has 1 aliphatic rings. The maximum absolute atomic E-state index is 11.7. The standard InChI is InChI=1S/C12H14N2O4/c15-11(16)10-5-3-7-14(10)12(17)18-8-9-4-1-2-6-13-9/h1-2,4,6,10H,3,5,7-8H2,(H,15,16)/t10-/m0/s1. The minimum atomic E-state index is -0.984. The Balaban J connectivity index is 1.90. The third-order valence-electron chi connectivity index (χ3n) is 2.84. The molecule has 2 heterocycles. The van der Waals surface area contributed by atoms with Crippen LogP contribution in [0.3, 0.4) is 0 Å². The molecule has 18 heavy (non-hydrogen) atoms. The van der Waals surface area contributed by atoms with Gasteiger partial charge in [-0.25, -0.2) is 9.59 Å². The number of rotatable bonds is 3. The number of pyridine rings is 1. The lowest BCUT2D eigenvalue weighted by Crippen LogP contribution is -2.40. The Bertz CT molecular complexity index is 435. The summed E-state index contributed by atoms with van der Waals surface area (Å²) in [5, 5.41) is 8.96. The van der Waals surface area contributed by atoms with Crippen molar-refractivity contribution >= 4 is 12.1 Å². The first kappa shape index (κ1) is 12.3. The molecule has 1 atom stereocenters. The van der Waals surface area contributed by atoms with Crippen LogP contribution in [0.2, 0.25) is 0 Å². The second-order valence-electron chi connectivity index (χ2n) is 4.07. The van der Waals surface area contributed by atoms with Gasteiger partial charge in [0.05, 0.1) is 5.69 Å². The molecule has 6 heteroatoms. The minimum absolute atomic E-state index is 0.0580. The Hall–Kier alpha value is -2.11. The average molecular weight is 250 g/mol. The summed E-state index contributed by atoms with van der Waals surface area (Å²) in [7, 11) is 0. The quantitative estimate of drug-likeness (QED) is 0.873. The molecule has 1 fully saturated rings. The summed E-state index contributed by atoms with van der Waals surface area (Å²) >= 11 is 0. The summed E-state index contributed by atoms with van der Waals surface area (Å²) < 4.78 is 5.05. The number of carboxylic acids is 1. The van der Waals surface area contributed by atoms with Crippen LogP contribution in [0.25, 0.3) is 0 Å². The van der Waals surface area contributed by atoms with Crippen molar-refractivity contribution in [2.45, 2.75) is 25.5 Å². The third kappa shape index (κ3) is 2.77. The van der Waals surface area contributed by atoms with E-state index >= 15 is 0 Å². The number of amides is 1. The highest BCUT2D eigenvalue weighted by molar-refractivity contribution is 5.80. The molecule has 1 saturated heterocycles. The zero-order valence-corrected chi connectivity index (χ0v) is 9.78. The predicted molar refractivity (Wildman–Crippen MR) is 61.8 cm³/mol. The Kier molecular flexibility index (Phi) is 3.76. The molecule has 0 radical (unpaired) electrons. The topological polar surface area (TPSA) is 79.7 Å². The monoisotopic (exact) mass is 250 g/mol. The molecule has 1 aliphatic heterocycles. The van der Waals surface area contributed by atoms with Crippen molar-refractivity contribution in [1.82, 2.24) is 9.88 Å².